The van der Waals surface area contributed by atoms with Crippen LogP contribution in [0.4, 0.5) is 0 Å². The Morgan fingerprint density at radius 1 is 1.00 bits per heavy atom. The van der Waals surface area contributed by atoms with Gasteiger partial charge in [-0.3, -0.25) is 0 Å². The molecule has 0 aromatic carbocycles. The first-order chi connectivity index (χ1) is 3.88. The lowest BCUT2D eigenvalue weighted by Gasteiger charge is -2.26. The molecule has 0 N–H and O–H groups in total. The molecule has 2 atom stereocenters. The summed E-state index contributed by atoms with van der Waals surface area (Å²) in [7, 11) is 0. The Labute approximate surface area is 51.6 Å². The van der Waals surface area contributed by atoms with Gasteiger partial charge in [0.15, 0.2) is 0 Å². The van der Waals surface area contributed by atoms with Crippen molar-refractivity contribution < 1.29 is 0 Å². The van der Waals surface area contributed by atoms with E-state index in [9.17, 15) is 0 Å². The highest BCUT2D eigenvalue weighted by molar-refractivity contribution is 5.07. The second-order valence-electron chi connectivity index (χ2n) is 2.53. The van der Waals surface area contributed by atoms with Gasteiger partial charge in [-0.25, -0.2) is 0 Å². The van der Waals surface area contributed by atoms with E-state index in [1.165, 1.54) is 12.8 Å². The van der Waals surface area contributed by atoms with E-state index >= 15 is 0 Å². The molecule has 0 heterocycles. The lowest BCUT2D eigenvalue weighted by molar-refractivity contribution is 0.403. The molecule has 0 saturated heterocycles. The second-order valence-corrected chi connectivity index (χ2v) is 2.53. The summed E-state index contributed by atoms with van der Waals surface area (Å²) in [6.45, 7) is 4.52. The molecule has 1 aliphatic carbocycles. The predicted octanol–water partition coefficient (Wildman–Crippen LogP) is 2.61. The fourth-order valence-electron chi connectivity index (χ4n) is 1.30. The average molecular weight is 110 g/mol. The Morgan fingerprint density at radius 2 is 1.38 bits per heavy atom. The molecule has 1 aliphatic rings. The van der Waals surface area contributed by atoms with Gasteiger partial charge in [0.1, 0.15) is 0 Å². The Kier molecular flexibility index (Phi) is 1.72. The smallest absolute Gasteiger partial charge is 0.0173 e. The molecule has 0 aromatic heterocycles. The van der Waals surface area contributed by atoms with Gasteiger partial charge >= 0.3 is 0 Å². The van der Waals surface area contributed by atoms with Crippen molar-refractivity contribution in [2.24, 2.45) is 11.8 Å². The first-order valence-electron chi connectivity index (χ1n) is 3.56. The van der Waals surface area contributed by atoms with Crippen molar-refractivity contribution in [2.45, 2.75) is 26.7 Å². The van der Waals surface area contributed by atoms with Crippen LogP contribution in [0.1, 0.15) is 26.7 Å². The van der Waals surface area contributed by atoms with Crippen LogP contribution < -0.4 is 0 Å². The molecule has 8 heavy (non-hydrogen) atoms. The van der Waals surface area contributed by atoms with Gasteiger partial charge in [0.25, 0.3) is 0 Å². The minimum absolute atomic E-state index is 0.917. The molecule has 0 nitrogen and oxygen atoms in total. The predicted molar refractivity (Wildman–Crippen MR) is 36.7 cm³/mol. The van der Waals surface area contributed by atoms with E-state index in [1.807, 2.05) is 0 Å². The van der Waals surface area contributed by atoms with Gasteiger partial charge in [0.2, 0.25) is 0 Å². The van der Waals surface area contributed by atoms with E-state index in [0.717, 1.165) is 11.8 Å². The molecular weight excluding hydrogens is 96.1 g/mol. The molecule has 0 radical (unpaired) electrons. The molecule has 0 heteroatoms. The molecule has 0 unspecified atom stereocenters. The number of hydrogen-bond donors (Lipinski definition) is 0. The standard InChI is InChI=1S/C8H14/c1-3-7-5-6-8(7)4-2/h5-8H,3-4H2,1-2H3/t7-,8-/m0/s1. The molecule has 0 amide bonds. The first kappa shape index (κ1) is 5.87. The lowest BCUT2D eigenvalue weighted by Crippen LogP contribution is -2.16. The van der Waals surface area contributed by atoms with Crippen molar-refractivity contribution in [3.8, 4) is 0 Å². The monoisotopic (exact) mass is 110 g/mol. The van der Waals surface area contributed by atoms with Crippen LogP contribution in [0.2, 0.25) is 0 Å². The van der Waals surface area contributed by atoms with Crippen LogP contribution >= 0.6 is 0 Å². The first-order valence-corrected chi connectivity index (χ1v) is 3.56. The largest absolute Gasteiger partial charge is 0.0845 e. The van der Waals surface area contributed by atoms with E-state index in [0.29, 0.717) is 0 Å². The van der Waals surface area contributed by atoms with Crippen molar-refractivity contribution in [2.75, 3.05) is 0 Å². The maximum absolute atomic E-state index is 2.33. The van der Waals surface area contributed by atoms with Gasteiger partial charge in [0, 0.05) is 0 Å². The van der Waals surface area contributed by atoms with Gasteiger partial charge in [-0.1, -0.05) is 26.0 Å². The maximum atomic E-state index is 2.33. The van der Waals surface area contributed by atoms with Crippen LogP contribution in [0.15, 0.2) is 12.2 Å². The second kappa shape index (κ2) is 2.34. The molecule has 0 aromatic rings. The molecule has 1 rings (SSSR count). The van der Waals surface area contributed by atoms with E-state index in [4.69, 9.17) is 0 Å². The summed E-state index contributed by atoms with van der Waals surface area (Å²) in [4.78, 5) is 0. The van der Waals surface area contributed by atoms with E-state index in [-0.39, 0.29) is 0 Å². The Hall–Kier alpha value is -0.260. The highest BCUT2D eigenvalue weighted by Crippen LogP contribution is 2.30. The normalized spacial score (nSPS) is 34.8. The minimum atomic E-state index is 0.917. The number of rotatable bonds is 2. The maximum Gasteiger partial charge on any atom is -0.0173 e. The molecule has 0 saturated carbocycles. The van der Waals surface area contributed by atoms with E-state index in [1.54, 1.807) is 0 Å². The average Bonchev–Trinajstić information content (AvgIpc) is 1.66. The fraction of sp³-hybridized carbons (Fsp3) is 0.750. The van der Waals surface area contributed by atoms with Crippen molar-refractivity contribution in [1.29, 1.82) is 0 Å². The SMILES string of the molecule is CC[C@H]1C=C[C@@H]1CC. The van der Waals surface area contributed by atoms with Crippen LogP contribution in [0, 0.1) is 11.8 Å². The van der Waals surface area contributed by atoms with Crippen LogP contribution in [-0.2, 0) is 0 Å². The zero-order valence-electron chi connectivity index (χ0n) is 5.72. The molecule has 0 aliphatic heterocycles. The van der Waals surface area contributed by atoms with E-state index < -0.39 is 0 Å². The summed E-state index contributed by atoms with van der Waals surface area (Å²) < 4.78 is 0. The van der Waals surface area contributed by atoms with Gasteiger partial charge in [-0.05, 0) is 24.7 Å². The Bertz CT molecular complexity index is 80.2. The van der Waals surface area contributed by atoms with Crippen LogP contribution in [0.25, 0.3) is 0 Å². The summed E-state index contributed by atoms with van der Waals surface area (Å²) in [5.41, 5.74) is 0. The summed E-state index contributed by atoms with van der Waals surface area (Å²) in [6.07, 6.45) is 7.31. The van der Waals surface area contributed by atoms with Crippen molar-refractivity contribution in [1.82, 2.24) is 0 Å². The number of allylic oxidation sites excluding steroid dienone is 2. The van der Waals surface area contributed by atoms with E-state index in [2.05, 4.69) is 26.0 Å². The summed E-state index contributed by atoms with van der Waals surface area (Å²) in [6, 6.07) is 0. The van der Waals surface area contributed by atoms with Crippen LogP contribution in [0.3, 0.4) is 0 Å². The zero-order valence-corrected chi connectivity index (χ0v) is 5.72. The molecular formula is C8H14. The summed E-state index contributed by atoms with van der Waals surface area (Å²) in [5, 5.41) is 0. The van der Waals surface area contributed by atoms with Crippen LogP contribution in [-0.4, -0.2) is 0 Å². The number of hydrogen-bond acceptors (Lipinski definition) is 0. The summed E-state index contributed by atoms with van der Waals surface area (Å²) in [5.74, 6) is 1.83. The van der Waals surface area contributed by atoms with Gasteiger partial charge in [0.05, 0.1) is 0 Å². The lowest BCUT2D eigenvalue weighted by atomic mass is 9.79. The van der Waals surface area contributed by atoms with Crippen molar-refractivity contribution in [3.05, 3.63) is 12.2 Å². The fourth-order valence-corrected chi connectivity index (χ4v) is 1.30. The van der Waals surface area contributed by atoms with Gasteiger partial charge in [-0.2, -0.15) is 0 Å². The topological polar surface area (TPSA) is 0 Å². The van der Waals surface area contributed by atoms with Crippen molar-refractivity contribution >= 4 is 0 Å². The van der Waals surface area contributed by atoms with Gasteiger partial charge in [-0.15, -0.1) is 0 Å². The third kappa shape index (κ3) is 0.795. The highest BCUT2D eigenvalue weighted by Gasteiger charge is 2.19. The Balaban J connectivity index is 2.30. The minimum Gasteiger partial charge on any atom is -0.0845 e. The third-order valence-corrected chi connectivity index (χ3v) is 2.10. The zero-order chi connectivity index (χ0) is 5.98. The van der Waals surface area contributed by atoms with Crippen molar-refractivity contribution in [3.63, 3.8) is 0 Å². The quantitative estimate of drug-likeness (QED) is 0.479. The molecule has 46 valence electrons. The molecule has 0 spiro atoms. The Morgan fingerprint density at radius 3 is 1.50 bits per heavy atom. The highest BCUT2D eigenvalue weighted by atomic mass is 14.2. The van der Waals surface area contributed by atoms with Crippen LogP contribution in [0.5, 0.6) is 0 Å². The van der Waals surface area contributed by atoms with Gasteiger partial charge < -0.3 is 0 Å². The molecule has 0 bridgehead atoms. The third-order valence-electron chi connectivity index (χ3n) is 2.10. The summed E-state index contributed by atoms with van der Waals surface area (Å²) >= 11 is 0. The molecule has 0 fully saturated rings.